The molecule has 1 aromatic carbocycles. The number of hydrogen-bond acceptors (Lipinski definition) is 2. The number of halogens is 2. The van der Waals surface area contributed by atoms with Crippen molar-refractivity contribution < 1.29 is 13.9 Å². The molecule has 4 heteroatoms. The Kier molecular flexibility index (Phi) is 7.24. The van der Waals surface area contributed by atoms with Crippen LogP contribution in [0.4, 0.5) is 4.39 Å². The maximum absolute atomic E-state index is 13.4. The van der Waals surface area contributed by atoms with Crippen LogP contribution < -0.4 is 4.74 Å². The van der Waals surface area contributed by atoms with Crippen LogP contribution in [0.15, 0.2) is 18.2 Å². The smallest absolute Gasteiger partial charge is 0.165 e. The Hall–Kier alpha value is -1.24. The lowest BCUT2D eigenvalue weighted by Crippen LogP contribution is -2.07. The van der Waals surface area contributed by atoms with Crippen molar-refractivity contribution in [1.29, 1.82) is 0 Å². The molecule has 18 heavy (non-hydrogen) atoms. The number of alkyl halides is 1. The summed E-state index contributed by atoms with van der Waals surface area (Å²) in [5.41, 5.74) is 0.716. The van der Waals surface area contributed by atoms with Crippen LogP contribution in [0, 0.1) is 17.7 Å². The summed E-state index contributed by atoms with van der Waals surface area (Å²) in [5, 5.41) is 0. The van der Waals surface area contributed by atoms with Gasteiger partial charge in [0.2, 0.25) is 0 Å². The summed E-state index contributed by atoms with van der Waals surface area (Å²) in [4.78, 5) is 0. The summed E-state index contributed by atoms with van der Waals surface area (Å²) in [6.07, 6.45) is 0.611. The Morgan fingerprint density at radius 3 is 2.89 bits per heavy atom. The lowest BCUT2D eigenvalue weighted by Gasteiger charge is -2.07. The minimum Gasteiger partial charge on any atom is -0.488 e. The van der Waals surface area contributed by atoms with E-state index in [1.807, 2.05) is 6.92 Å². The van der Waals surface area contributed by atoms with E-state index in [4.69, 9.17) is 21.1 Å². The van der Waals surface area contributed by atoms with Crippen molar-refractivity contribution in [2.45, 2.75) is 13.3 Å². The Bertz CT molecular complexity index is 424. The molecule has 0 fully saturated rings. The average molecular weight is 271 g/mol. The van der Waals surface area contributed by atoms with Crippen molar-refractivity contribution in [2.24, 2.45) is 0 Å². The van der Waals surface area contributed by atoms with Crippen molar-refractivity contribution in [2.75, 3.05) is 25.7 Å². The van der Waals surface area contributed by atoms with Crippen molar-refractivity contribution >= 4 is 11.6 Å². The van der Waals surface area contributed by atoms with E-state index in [1.54, 1.807) is 12.1 Å². The predicted molar refractivity (Wildman–Crippen MR) is 70.6 cm³/mol. The number of hydrogen-bond donors (Lipinski definition) is 0. The zero-order valence-corrected chi connectivity index (χ0v) is 11.1. The van der Waals surface area contributed by atoms with Crippen LogP contribution in [0.25, 0.3) is 0 Å². The van der Waals surface area contributed by atoms with Gasteiger partial charge in [0.15, 0.2) is 11.6 Å². The first-order chi connectivity index (χ1) is 8.77. The molecule has 1 rings (SSSR count). The third kappa shape index (κ3) is 5.39. The highest BCUT2D eigenvalue weighted by atomic mass is 35.5. The molecule has 0 saturated carbocycles. The first kappa shape index (κ1) is 14.8. The minimum absolute atomic E-state index is 0.201. The van der Waals surface area contributed by atoms with Gasteiger partial charge >= 0.3 is 0 Å². The zero-order valence-electron chi connectivity index (χ0n) is 10.3. The summed E-state index contributed by atoms with van der Waals surface area (Å²) in [5.74, 6) is 6.09. The summed E-state index contributed by atoms with van der Waals surface area (Å²) in [6, 6.07) is 4.55. The Morgan fingerprint density at radius 1 is 1.33 bits per heavy atom. The van der Waals surface area contributed by atoms with Crippen LogP contribution in [0.5, 0.6) is 5.75 Å². The highest BCUT2D eigenvalue weighted by Gasteiger charge is 2.03. The Balaban J connectivity index is 2.61. The van der Waals surface area contributed by atoms with Gasteiger partial charge < -0.3 is 9.47 Å². The molecule has 0 radical (unpaired) electrons. The highest BCUT2D eigenvalue weighted by Crippen LogP contribution is 2.18. The van der Waals surface area contributed by atoms with E-state index in [0.29, 0.717) is 37.7 Å². The lowest BCUT2D eigenvalue weighted by molar-refractivity contribution is 0.108. The molecule has 0 heterocycles. The third-order valence-electron chi connectivity index (χ3n) is 2.07. The lowest BCUT2D eigenvalue weighted by atomic mass is 10.2. The van der Waals surface area contributed by atoms with E-state index in [2.05, 4.69) is 11.8 Å². The highest BCUT2D eigenvalue weighted by molar-refractivity contribution is 6.18. The average Bonchev–Trinajstić information content (AvgIpc) is 2.38. The van der Waals surface area contributed by atoms with Gasteiger partial charge in [-0.05, 0) is 25.1 Å². The van der Waals surface area contributed by atoms with E-state index in [0.717, 1.165) is 0 Å². The first-order valence-electron chi connectivity index (χ1n) is 5.83. The van der Waals surface area contributed by atoms with Crippen molar-refractivity contribution in [3.05, 3.63) is 29.6 Å². The van der Waals surface area contributed by atoms with Gasteiger partial charge in [0.25, 0.3) is 0 Å². The van der Waals surface area contributed by atoms with Crippen molar-refractivity contribution in [3.63, 3.8) is 0 Å². The SMILES string of the molecule is CCOCCOc1cc(C#CCCCl)ccc1F. The quantitative estimate of drug-likeness (QED) is 0.449. The largest absolute Gasteiger partial charge is 0.488 e. The maximum atomic E-state index is 13.4. The van der Waals surface area contributed by atoms with E-state index in [9.17, 15) is 4.39 Å². The molecule has 1 aromatic rings. The van der Waals surface area contributed by atoms with Gasteiger partial charge in [0.1, 0.15) is 6.61 Å². The normalized spacial score (nSPS) is 9.72. The fourth-order valence-electron chi connectivity index (χ4n) is 1.26. The maximum Gasteiger partial charge on any atom is 0.165 e. The topological polar surface area (TPSA) is 18.5 Å². The monoisotopic (exact) mass is 270 g/mol. The molecule has 0 atom stereocenters. The fourth-order valence-corrected chi connectivity index (χ4v) is 1.35. The van der Waals surface area contributed by atoms with Gasteiger partial charge in [-0.3, -0.25) is 0 Å². The van der Waals surface area contributed by atoms with Crippen molar-refractivity contribution in [3.8, 4) is 17.6 Å². The molecule has 0 aliphatic carbocycles. The van der Waals surface area contributed by atoms with Crippen molar-refractivity contribution in [1.82, 2.24) is 0 Å². The summed E-state index contributed by atoms with van der Waals surface area (Å²) in [7, 11) is 0. The van der Waals surface area contributed by atoms with Crippen LogP contribution in [-0.4, -0.2) is 25.7 Å². The van der Waals surface area contributed by atoms with Gasteiger partial charge in [0.05, 0.1) is 6.61 Å². The van der Waals surface area contributed by atoms with Gasteiger partial charge in [-0.25, -0.2) is 4.39 Å². The second-order valence-electron chi connectivity index (χ2n) is 3.43. The van der Waals surface area contributed by atoms with E-state index < -0.39 is 5.82 Å². The van der Waals surface area contributed by atoms with E-state index >= 15 is 0 Å². The first-order valence-corrected chi connectivity index (χ1v) is 6.36. The summed E-state index contributed by atoms with van der Waals surface area (Å²) < 4.78 is 23.8. The van der Waals surface area contributed by atoms with Crippen LogP contribution in [0.1, 0.15) is 18.9 Å². The second-order valence-corrected chi connectivity index (χ2v) is 3.81. The molecule has 0 amide bonds. The molecule has 0 aliphatic rings. The number of rotatable bonds is 6. The summed E-state index contributed by atoms with van der Waals surface area (Å²) >= 11 is 5.52. The molecule has 0 aromatic heterocycles. The predicted octanol–water partition coefficient (Wildman–Crippen LogP) is 3.22. The minimum atomic E-state index is -0.394. The molecule has 0 N–H and O–H groups in total. The second kappa shape index (κ2) is 8.79. The third-order valence-corrected chi connectivity index (χ3v) is 2.26. The van der Waals surface area contributed by atoms with Crippen LogP contribution in [0.2, 0.25) is 0 Å². The van der Waals surface area contributed by atoms with Crippen LogP contribution in [0.3, 0.4) is 0 Å². The molecule has 0 aliphatic heterocycles. The number of benzene rings is 1. The van der Waals surface area contributed by atoms with E-state index in [1.165, 1.54) is 6.07 Å². The molecular formula is C14H16ClFO2. The van der Waals surface area contributed by atoms with Gasteiger partial charge in [-0.15, -0.1) is 11.6 Å². The Morgan fingerprint density at radius 2 is 2.17 bits per heavy atom. The van der Waals surface area contributed by atoms with Crippen LogP contribution in [-0.2, 0) is 4.74 Å². The molecular weight excluding hydrogens is 255 g/mol. The molecule has 0 bridgehead atoms. The van der Waals surface area contributed by atoms with Crippen LogP contribution >= 0.6 is 11.6 Å². The summed E-state index contributed by atoms with van der Waals surface area (Å²) in [6.45, 7) is 3.28. The molecule has 2 nitrogen and oxygen atoms in total. The van der Waals surface area contributed by atoms with Gasteiger partial charge in [-0.2, -0.15) is 0 Å². The number of ether oxygens (including phenoxy) is 2. The molecule has 98 valence electrons. The van der Waals surface area contributed by atoms with E-state index in [-0.39, 0.29) is 5.75 Å². The molecule has 0 saturated heterocycles. The van der Waals surface area contributed by atoms with Gasteiger partial charge in [-0.1, -0.05) is 11.8 Å². The Labute approximate surface area is 112 Å². The standard InChI is InChI=1S/C14H16ClFO2/c1-2-17-9-10-18-14-11-12(5-3-4-8-15)6-7-13(14)16/h6-7,11H,2,4,8-10H2,1H3. The van der Waals surface area contributed by atoms with Gasteiger partial charge in [0, 0.05) is 24.5 Å². The fraction of sp³-hybridized carbons (Fsp3) is 0.429. The zero-order chi connectivity index (χ0) is 13.2. The molecule has 0 unspecified atom stereocenters. The molecule has 0 spiro atoms.